The summed E-state index contributed by atoms with van der Waals surface area (Å²) in [5.74, 6) is 0. The summed E-state index contributed by atoms with van der Waals surface area (Å²) in [4.78, 5) is 5.29. The summed E-state index contributed by atoms with van der Waals surface area (Å²) in [6.07, 6.45) is 5.59. The van der Waals surface area contributed by atoms with Crippen molar-refractivity contribution in [3.63, 3.8) is 0 Å². The minimum atomic E-state index is 0.869. The second-order valence-electron chi connectivity index (χ2n) is 5.26. The van der Waals surface area contributed by atoms with Crippen molar-refractivity contribution in [1.29, 1.82) is 0 Å². The molecule has 0 aromatic rings. The average molecular weight is 225 g/mol. The predicted molar refractivity (Wildman–Crippen MR) is 68.8 cm³/mol. The topological polar surface area (TPSA) is 18.5 Å². The Labute approximate surface area is 100 Å². The lowest BCUT2D eigenvalue weighted by Gasteiger charge is -2.47. The van der Waals surface area contributed by atoms with Gasteiger partial charge in [0.1, 0.15) is 0 Å². The van der Waals surface area contributed by atoms with Crippen molar-refractivity contribution in [2.24, 2.45) is 0 Å². The summed E-state index contributed by atoms with van der Waals surface area (Å²) in [6, 6.07) is 0.869. The SMILES string of the molecule is CCCCCCN1CC(N2CCNCC2)C1. The van der Waals surface area contributed by atoms with Crippen LogP contribution in [0.25, 0.3) is 0 Å². The van der Waals surface area contributed by atoms with Crippen LogP contribution in [0.3, 0.4) is 0 Å². The molecule has 0 radical (unpaired) electrons. The molecule has 0 aromatic carbocycles. The summed E-state index contributed by atoms with van der Waals surface area (Å²) in [5, 5.41) is 3.42. The van der Waals surface area contributed by atoms with E-state index in [9.17, 15) is 0 Å². The summed E-state index contributed by atoms with van der Waals surface area (Å²) in [6.45, 7) is 11.2. The first-order valence-electron chi connectivity index (χ1n) is 7.07. The number of likely N-dealkylation sites (tertiary alicyclic amines) is 1. The molecular weight excluding hydrogens is 198 g/mol. The quantitative estimate of drug-likeness (QED) is 0.684. The van der Waals surface area contributed by atoms with Crippen molar-refractivity contribution in [2.75, 3.05) is 45.8 Å². The van der Waals surface area contributed by atoms with Crippen molar-refractivity contribution >= 4 is 0 Å². The van der Waals surface area contributed by atoms with E-state index in [4.69, 9.17) is 0 Å². The summed E-state index contributed by atoms with van der Waals surface area (Å²) >= 11 is 0. The van der Waals surface area contributed by atoms with Gasteiger partial charge in [-0.25, -0.2) is 0 Å². The first-order valence-corrected chi connectivity index (χ1v) is 7.07. The smallest absolute Gasteiger partial charge is 0.0351 e. The molecule has 2 heterocycles. The van der Waals surface area contributed by atoms with Gasteiger partial charge in [-0.15, -0.1) is 0 Å². The van der Waals surface area contributed by atoms with Gasteiger partial charge < -0.3 is 10.2 Å². The zero-order valence-corrected chi connectivity index (χ0v) is 10.7. The predicted octanol–water partition coefficient (Wildman–Crippen LogP) is 1.16. The Bertz CT molecular complexity index is 184. The molecule has 2 aliphatic heterocycles. The molecule has 2 aliphatic rings. The highest BCUT2D eigenvalue weighted by molar-refractivity contribution is 4.89. The number of rotatable bonds is 6. The molecule has 3 nitrogen and oxygen atoms in total. The number of nitrogens with zero attached hydrogens (tertiary/aromatic N) is 2. The van der Waals surface area contributed by atoms with Gasteiger partial charge in [-0.1, -0.05) is 26.2 Å². The Morgan fingerprint density at radius 2 is 1.81 bits per heavy atom. The first kappa shape index (κ1) is 12.3. The molecule has 0 aromatic heterocycles. The fourth-order valence-corrected chi connectivity index (χ4v) is 2.77. The number of piperazine rings is 1. The average Bonchev–Trinajstić information content (AvgIpc) is 2.28. The Balaban J connectivity index is 1.51. The molecule has 0 bridgehead atoms. The van der Waals surface area contributed by atoms with Crippen molar-refractivity contribution in [2.45, 2.75) is 38.6 Å². The summed E-state index contributed by atoms with van der Waals surface area (Å²) in [7, 11) is 0. The van der Waals surface area contributed by atoms with Crippen molar-refractivity contribution in [3.8, 4) is 0 Å². The van der Waals surface area contributed by atoms with Crippen LogP contribution in [0.2, 0.25) is 0 Å². The second-order valence-corrected chi connectivity index (χ2v) is 5.26. The van der Waals surface area contributed by atoms with Gasteiger partial charge in [-0.2, -0.15) is 0 Å². The van der Waals surface area contributed by atoms with Crippen LogP contribution in [0.15, 0.2) is 0 Å². The molecule has 94 valence electrons. The first-order chi connectivity index (χ1) is 7.90. The summed E-state index contributed by atoms with van der Waals surface area (Å²) < 4.78 is 0. The Hall–Kier alpha value is -0.120. The lowest BCUT2D eigenvalue weighted by atomic mass is 10.1. The number of nitrogens with one attached hydrogen (secondary N) is 1. The van der Waals surface area contributed by atoms with E-state index in [0.29, 0.717) is 0 Å². The fraction of sp³-hybridized carbons (Fsp3) is 1.00. The van der Waals surface area contributed by atoms with Crippen LogP contribution in [0, 0.1) is 0 Å². The fourth-order valence-electron chi connectivity index (χ4n) is 2.77. The lowest BCUT2D eigenvalue weighted by molar-refractivity contribution is 0.0264. The van der Waals surface area contributed by atoms with Gasteiger partial charge in [0.25, 0.3) is 0 Å². The number of unbranched alkanes of at least 4 members (excludes halogenated alkanes) is 3. The molecule has 0 atom stereocenters. The third kappa shape index (κ3) is 3.44. The van der Waals surface area contributed by atoms with Crippen LogP contribution in [0.5, 0.6) is 0 Å². The second kappa shape index (κ2) is 6.58. The third-order valence-corrected chi connectivity index (χ3v) is 3.93. The molecule has 2 fully saturated rings. The van der Waals surface area contributed by atoms with Gasteiger partial charge in [0.2, 0.25) is 0 Å². The maximum atomic E-state index is 3.42. The molecule has 3 heteroatoms. The van der Waals surface area contributed by atoms with Crippen LogP contribution in [-0.4, -0.2) is 61.7 Å². The standard InChI is InChI=1S/C13H27N3/c1-2-3-4-5-8-15-11-13(12-15)16-9-6-14-7-10-16/h13-14H,2-12H2,1H3. The minimum Gasteiger partial charge on any atom is -0.314 e. The van der Waals surface area contributed by atoms with Crippen LogP contribution >= 0.6 is 0 Å². The lowest BCUT2D eigenvalue weighted by Crippen LogP contribution is -2.62. The van der Waals surface area contributed by atoms with Crippen molar-refractivity contribution in [3.05, 3.63) is 0 Å². The molecule has 1 N–H and O–H groups in total. The molecule has 16 heavy (non-hydrogen) atoms. The van der Waals surface area contributed by atoms with E-state index >= 15 is 0 Å². The number of hydrogen-bond acceptors (Lipinski definition) is 3. The van der Waals surface area contributed by atoms with Crippen LogP contribution in [-0.2, 0) is 0 Å². The van der Waals surface area contributed by atoms with Crippen LogP contribution in [0.1, 0.15) is 32.6 Å². The largest absolute Gasteiger partial charge is 0.314 e. The zero-order chi connectivity index (χ0) is 11.2. The van der Waals surface area contributed by atoms with Gasteiger partial charge in [0.05, 0.1) is 0 Å². The zero-order valence-electron chi connectivity index (χ0n) is 10.7. The van der Waals surface area contributed by atoms with E-state index in [0.717, 1.165) is 6.04 Å². The van der Waals surface area contributed by atoms with Gasteiger partial charge in [-0.05, 0) is 13.0 Å². The molecule has 0 saturated carbocycles. The van der Waals surface area contributed by atoms with E-state index in [1.54, 1.807) is 0 Å². The molecular formula is C13H27N3. The molecule has 0 aliphatic carbocycles. The monoisotopic (exact) mass is 225 g/mol. The molecule has 0 spiro atoms. The molecule has 0 unspecified atom stereocenters. The van der Waals surface area contributed by atoms with E-state index < -0.39 is 0 Å². The third-order valence-electron chi connectivity index (χ3n) is 3.93. The minimum absolute atomic E-state index is 0.869. The molecule has 2 saturated heterocycles. The normalized spacial score (nSPS) is 24.6. The van der Waals surface area contributed by atoms with E-state index in [1.165, 1.54) is 71.5 Å². The number of hydrogen-bond donors (Lipinski definition) is 1. The molecule has 2 rings (SSSR count). The molecule has 0 amide bonds. The van der Waals surface area contributed by atoms with Crippen LogP contribution < -0.4 is 5.32 Å². The van der Waals surface area contributed by atoms with Gasteiger partial charge in [0.15, 0.2) is 0 Å². The Morgan fingerprint density at radius 3 is 2.50 bits per heavy atom. The highest BCUT2D eigenvalue weighted by atomic mass is 15.3. The maximum Gasteiger partial charge on any atom is 0.0351 e. The highest BCUT2D eigenvalue weighted by Gasteiger charge is 2.31. The van der Waals surface area contributed by atoms with E-state index in [-0.39, 0.29) is 0 Å². The Morgan fingerprint density at radius 1 is 1.06 bits per heavy atom. The van der Waals surface area contributed by atoms with Crippen molar-refractivity contribution < 1.29 is 0 Å². The van der Waals surface area contributed by atoms with E-state index in [1.807, 2.05) is 0 Å². The van der Waals surface area contributed by atoms with Crippen molar-refractivity contribution in [1.82, 2.24) is 15.1 Å². The Kier molecular flexibility index (Phi) is 5.07. The van der Waals surface area contributed by atoms with Gasteiger partial charge in [-0.3, -0.25) is 4.90 Å². The highest BCUT2D eigenvalue weighted by Crippen LogP contribution is 2.16. The summed E-state index contributed by atoms with van der Waals surface area (Å²) in [5.41, 5.74) is 0. The van der Waals surface area contributed by atoms with Crippen LogP contribution in [0.4, 0.5) is 0 Å². The van der Waals surface area contributed by atoms with Gasteiger partial charge in [0, 0.05) is 45.3 Å². The maximum absolute atomic E-state index is 3.42. The van der Waals surface area contributed by atoms with Gasteiger partial charge >= 0.3 is 0 Å². The van der Waals surface area contributed by atoms with E-state index in [2.05, 4.69) is 22.0 Å².